The summed E-state index contributed by atoms with van der Waals surface area (Å²) < 4.78 is 0. The van der Waals surface area contributed by atoms with Gasteiger partial charge in [0.05, 0.1) is 5.56 Å². The molecule has 0 atom stereocenters. The van der Waals surface area contributed by atoms with E-state index >= 15 is 0 Å². The molecular weight excluding hydrogens is 211 g/mol. The molecule has 0 radical (unpaired) electrons. The minimum Gasteiger partial charge on any atom is -0.478 e. The molecule has 4 heteroatoms. The lowest BCUT2D eigenvalue weighted by Crippen LogP contribution is -1.99. The van der Waals surface area contributed by atoms with Crippen molar-refractivity contribution >= 4 is 29.2 Å². The van der Waals surface area contributed by atoms with Crippen LogP contribution in [0.5, 0.6) is 0 Å². The lowest BCUT2D eigenvalue weighted by atomic mass is 10.1. The SMILES string of the molecule is O=C(O)c1ccc(CCl)c(CCl)c1. The van der Waals surface area contributed by atoms with E-state index in [2.05, 4.69) is 0 Å². The van der Waals surface area contributed by atoms with Crippen molar-refractivity contribution in [1.82, 2.24) is 0 Å². The van der Waals surface area contributed by atoms with Crippen LogP contribution in [0.1, 0.15) is 21.5 Å². The van der Waals surface area contributed by atoms with E-state index in [1.165, 1.54) is 6.07 Å². The molecule has 0 aliphatic heterocycles. The van der Waals surface area contributed by atoms with Gasteiger partial charge in [-0.15, -0.1) is 23.2 Å². The Morgan fingerprint density at radius 2 is 1.85 bits per heavy atom. The highest BCUT2D eigenvalue weighted by molar-refractivity contribution is 6.18. The summed E-state index contributed by atoms with van der Waals surface area (Å²) in [6.07, 6.45) is 0. The van der Waals surface area contributed by atoms with Gasteiger partial charge in [-0.05, 0) is 23.3 Å². The standard InChI is InChI=1S/C9H8Cl2O2/c10-4-7-2-1-6(9(12)13)3-8(7)5-11/h1-3H,4-5H2,(H,12,13). The molecule has 0 aliphatic carbocycles. The molecule has 1 rings (SSSR count). The van der Waals surface area contributed by atoms with Crippen molar-refractivity contribution in [2.24, 2.45) is 0 Å². The molecule has 1 N–H and O–H groups in total. The molecule has 0 aliphatic rings. The second kappa shape index (κ2) is 4.49. The predicted octanol–water partition coefficient (Wildman–Crippen LogP) is 2.86. The van der Waals surface area contributed by atoms with Crippen molar-refractivity contribution in [3.63, 3.8) is 0 Å². The molecule has 2 nitrogen and oxygen atoms in total. The Kier molecular flexibility index (Phi) is 3.58. The van der Waals surface area contributed by atoms with E-state index in [1.54, 1.807) is 12.1 Å². The molecule has 0 bridgehead atoms. The minimum absolute atomic E-state index is 0.240. The molecule has 0 aromatic heterocycles. The maximum atomic E-state index is 10.6. The molecule has 0 unspecified atom stereocenters. The van der Waals surface area contributed by atoms with Crippen LogP contribution in [0, 0.1) is 0 Å². The second-order valence-corrected chi connectivity index (χ2v) is 3.09. The number of hydrogen-bond donors (Lipinski definition) is 1. The van der Waals surface area contributed by atoms with Gasteiger partial charge in [0.1, 0.15) is 0 Å². The fourth-order valence-electron chi connectivity index (χ4n) is 1.01. The lowest BCUT2D eigenvalue weighted by Gasteiger charge is -2.04. The first-order valence-corrected chi connectivity index (χ1v) is 4.73. The first-order valence-electron chi connectivity index (χ1n) is 3.66. The predicted molar refractivity (Wildman–Crippen MR) is 52.5 cm³/mol. The molecule has 0 saturated carbocycles. The zero-order valence-electron chi connectivity index (χ0n) is 6.76. The van der Waals surface area contributed by atoms with E-state index in [0.29, 0.717) is 5.88 Å². The smallest absolute Gasteiger partial charge is 0.335 e. The van der Waals surface area contributed by atoms with Gasteiger partial charge in [0, 0.05) is 11.8 Å². The second-order valence-electron chi connectivity index (χ2n) is 2.56. The minimum atomic E-state index is -0.951. The van der Waals surface area contributed by atoms with E-state index in [9.17, 15) is 4.79 Å². The third-order valence-corrected chi connectivity index (χ3v) is 2.32. The quantitative estimate of drug-likeness (QED) is 0.793. The highest BCUT2D eigenvalue weighted by Crippen LogP contribution is 2.16. The van der Waals surface area contributed by atoms with Gasteiger partial charge < -0.3 is 5.11 Å². The summed E-state index contributed by atoms with van der Waals surface area (Å²) in [4.78, 5) is 10.6. The first-order chi connectivity index (χ1) is 6.19. The third kappa shape index (κ3) is 2.36. The number of carbonyl (C=O) groups is 1. The number of alkyl halides is 2. The third-order valence-electron chi connectivity index (χ3n) is 1.74. The van der Waals surface area contributed by atoms with Crippen LogP contribution in [0.3, 0.4) is 0 Å². The molecule has 1 aromatic carbocycles. The van der Waals surface area contributed by atoms with Crippen LogP contribution in [0.15, 0.2) is 18.2 Å². The molecule has 0 heterocycles. The summed E-state index contributed by atoms with van der Waals surface area (Å²) in [5.41, 5.74) is 1.89. The van der Waals surface area contributed by atoms with Gasteiger partial charge in [0.15, 0.2) is 0 Å². The van der Waals surface area contributed by atoms with Gasteiger partial charge in [-0.2, -0.15) is 0 Å². The molecule has 0 amide bonds. The Labute approximate surface area is 86.1 Å². The number of carboxylic acid groups (broad SMARTS) is 1. The summed E-state index contributed by atoms with van der Waals surface area (Å²) in [5.74, 6) is -0.321. The van der Waals surface area contributed by atoms with Crippen molar-refractivity contribution in [2.45, 2.75) is 11.8 Å². The van der Waals surface area contributed by atoms with E-state index < -0.39 is 5.97 Å². The number of hydrogen-bond acceptors (Lipinski definition) is 1. The fourth-order valence-corrected chi connectivity index (χ4v) is 1.52. The van der Waals surface area contributed by atoms with Crippen LogP contribution in [0.4, 0.5) is 0 Å². The molecular formula is C9H8Cl2O2. The van der Waals surface area contributed by atoms with Gasteiger partial charge in [-0.25, -0.2) is 4.79 Å². The van der Waals surface area contributed by atoms with Gasteiger partial charge >= 0.3 is 5.97 Å². The molecule has 1 aromatic rings. The van der Waals surface area contributed by atoms with Crippen molar-refractivity contribution in [3.05, 3.63) is 34.9 Å². The Morgan fingerprint density at radius 3 is 2.31 bits per heavy atom. The Balaban J connectivity index is 3.13. The Hall–Kier alpha value is -0.730. The van der Waals surface area contributed by atoms with Crippen LogP contribution in [0.25, 0.3) is 0 Å². The number of halogens is 2. The van der Waals surface area contributed by atoms with Crippen LogP contribution in [0.2, 0.25) is 0 Å². The van der Waals surface area contributed by atoms with Crippen molar-refractivity contribution in [2.75, 3.05) is 0 Å². The largest absolute Gasteiger partial charge is 0.478 e. The number of carboxylic acids is 1. The summed E-state index contributed by atoms with van der Waals surface area (Å²) >= 11 is 11.3. The van der Waals surface area contributed by atoms with Gasteiger partial charge in [-0.1, -0.05) is 6.07 Å². The van der Waals surface area contributed by atoms with Crippen molar-refractivity contribution in [3.8, 4) is 0 Å². The topological polar surface area (TPSA) is 37.3 Å². The highest BCUT2D eigenvalue weighted by atomic mass is 35.5. The van der Waals surface area contributed by atoms with Crippen molar-refractivity contribution < 1.29 is 9.90 Å². The van der Waals surface area contributed by atoms with Gasteiger partial charge in [-0.3, -0.25) is 0 Å². The Morgan fingerprint density at radius 1 is 1.23 bits per heavy atom. The maximum Gasteiger partial charge on any atom is 0.335 e. The highest BCUT2D eigenvalue weighted by Gasteiger charge is 2.06. The normalized spacial score (nSPS) is 10.0. The maximum absolute atomic E-state index is 10.6. The fraction of sp³-hybridized carbons (Fsp3) is 0.222. The van der Waals surface area contributed by atoms with E-state index in [1.807, 2.05) is 0 Å². The molecule has 0 saturated heterocycles. The number of aromatic carboxylic acids is 1. The summed E-state index contributed by atoms with van der Waals surface area (Å²) in [6.45, 7) is 0. The first kappa shape index (κ1) is 10.4. The number of rotatable bonds is 3. The van der Waals surface area contributed by atoms with Crippen LogP contribution in [-0.4, -0.2) is 11.1 Å². The van der Waals surface area contributed by atoms with E-state index in [4.69, 9.17) is 28.3 Å². The molecule has 0 fully saturated rings. The van der Waals surface area contributed by atoms with Crippen LogP contribution < -0.4 is 0 Å². The average molecular weight is 219 g/mol. The monoisotopic (exact) mass is 218 g/mol. The molecule has 70 valence electrons. The summed E-state index contributed by atoms with van der Waals surface area (Å²) in [6, 6.07) is 4.76. The van der Waals surface area contributed by atoms with Gasteiger partial charge in [0.2, 0.25) is 0 Å². The summed E-state index contributed by atoms with van der Waals surface area (Å²) in [7, 11) is 0. The zero-order valence-corrected chi connectivity index (χ0v) is 8.27. The van der Waals surface area contributed by atoms with Crippen molar-refractivity contribution in [1.29, 1.82) is 0 Å². The lowest BCUT2D eigenvalue weighted by molar-refractivity contribution is 0.0697. The number of benzene rings is 1. The van der Waals surface area contributed by atoms with Crippen LogP contribution >= 0.6 is 23.2 Å². The molecule has 13 heavy (non-hydrogen) atoms. The summed E-state index contributed by atoms with van der Waals surface area (Å²) in [5, 5.41) is 8.69. The zero-order chi connectivity index (χ0) is 9.84. The van der Waals surface area contributed by atoms with Gasteiger partial charge in [0.25, 0.3) is 0 Å². The Bertz CT molecular complexity index is 323. The molecule has 0 spiro atoms. The van der Waals surface area contributed by atoms with E-state index in [-0.39, 0.29) is 11.4 Å². The van der Waals surface area contributed by atoms with E-state index in [0.717, 1.165) is 11.1 Å². The average Bonchev–Trinajstić information content (AvgIpc) is 2.16. The van der Waals surface area contributed by atoms with Crippen LogP contribution in [-0.2, 0) is 11.8 Å².